The van der Waals surface area contributed by atoms with Crippen molar-refractivity contribution in [2.45, 2.75) is 25.8 Å². The standard InChI is InChI=1S/C20H22N2O3/c1-4-18(14-7-9-21-10-8-14)22(2)20(23)11-15-13-25-19-12-16(24-3)5-6-17(15)19/h5-10,12-13,18H,4,11H2,1-3H3/t18-/m0/s1. The maximum Gasteiger partial charge on any atom is 0.227 e. The summed E-state index contributed by atoms with van der Waals surface area (Å²) in [6, 6.07) is 9.59. The van der Waals surface area contributed by atoms with Gasteiger partial charge in [-0.1, -0.05) is 6.92 Å². The topological polar surface area (TPSA) is 55.6 Å². The monoisotopic (exact) mass is 338 g/mol. The van der Waals surface area contributed by atoms with Gasteiger partial charge in [0.05, 0.1) is 25.8 Å². The van der Waals surface area contributed by atoms with Crippen LogP contribution < -0.4 is 4.74 Å². The number of benzene rings is 1. The molecule has 0 bridgehead atoms. The van der Waals surface area contributed by atoms with Gasteiger partial charge >= 0.3 is 0 Å². The average Bonchev–Trinajstić information content (AvgIpc) is 3.05. The third-order valence-electron chi connectivity index (χ3n) is 4.54. The number of nitrogens with zero attached hydrogens (tertiary/aromatic N) is 2. The van der Waals surface area contributed by atoms with Crippen LogP contribution in [0.3, 0.4) is 0 Å². The molecule has 2 aromatic heterocycles. The van der Waals surface area contributed by atoms with Crippen LogP contribution in [0.15, 0.2) is 53.4 Å². The molecule has 3 rings (SSSR count). The molecule has 0 spiro atoms. The summed E-state index contributed by atoms with van der Waals surface area (Å²) in [7, 11) is 3.47. The molecule has 1 aromatic carbocycles. The summed E-state index contributed by atoms with van der Waals surface area (Å²) in [6.07, 6.45) is 6.32. The molecule has 1 amide bonds. The SMILES string of the molecule is CC[C@@H](c1ccncc1)N(C)C(=O)Cc1coc2cc(OC)ccc12. The number of amides is 1. The number of ether oxygens (including phenoxy) is 1. The molecule has 0 radical (unpaired) electrons. The first-order valence-corrected chi connectivity index (χ1v) is 8.33. The molecule has 5 nitrogen and oxygen atoms in total. The van der Waals surface area contributed by atoms with E-state index in [9.17, 15) is 4.79 Å². The summed E-state index contributed by atoms with van der Waals surface area (Å²) >= 11 is 0. The number of carbonyl (C=O) groups excluding carboxylic acids is 1. The van der Waals surface area contributed by atoms with Crippen LogP contribution in [0.5, 0.6) is 5.75 Å². The summed E-state index contributed by atoms with van der Waals surface area (Å²) < 4.78 is 10.8. The Morgan fingerprint density at radius 3 is 2.72 bits per heavy atom. The Morgan fingerprint density at radius 1 is 1.28 bits per heavy atom. The zero-order valence-electron chi connectivity index (χ0n) is 14.7. The smallest absolute Gasteiger partial charge is 0.227 e. The lowest BCUT2D eigenvalue weighted by Gasteiger charge is -2.27. The van der Waals surface area contributed by atoms with Gasteiger partial charge in [0.25, 0.3) is 0 Å². The van der Waals surface area contributed by atoms with Gasteiger partial charge in [0.1, 0.15) is 11.3 Å². The van der Waals surface area contributed by atoms with Crippen molar-refractivity contribution in [1.29, 1.82) is 0 Å². The predicted octanol–water partition coefficient (Wildman–Crippen LogP) is 3.99. The lowest BCUT2D eigenvalue weighted by Crippen LogP contribution is -2.32. The van der Waals surface area contributed by atoms with Gasteiger partial charge in [0.2, 0.25) is 5.91 Å². The molecule has 25 heavy (non-hydrogen) atoms. The van der Waals surface area contributed by atoms with Crippen LogP contribution in [0.4, 0.5) is 0 Å². The number of aromatic nitrogens is 1. The fourth-order valence-corrected chi connectivity index (χ4v) is 3.11. The van der Waals surface area contributed by atoms with Crippen molar-refractivity contribution < 1.29 is 13.9 Å². The van der Waals surface area contributed by atoms with Crippen molar-refractivity contribution in [3.63, 3.8) is 0 Å². The number of hydrogen-bond acceptors (Lipinski definition) is 4. The molecule has 2 heterocycles. The van der Waals surface area contributed by atoms with Gasteiger partial charge in [0.15, 0.2) is 0 Å². The van der Waals surface area contributed by atoms with E-state index in [0.29, 0.717) is 6.42 Å². The summed E-state index contributed by atoms with van der Waals surface area (Å²) in [5, 5.41) is 0.944. The average molecular weight is 338 g/mol. The molecular formula is C20H22N2O3. The number of pyridine rings is 1. The molecular weight excluding hydrogens is 316 g/mol. The van der Waals surface area contributed by atoms with E-state index in [1.54, 1.807) is 30.7 Å². The second-order valence-corrected chi connectivity index (χ2v) is 6.01. The molecule has 1 atom stereocenters. The van der Waals surface area contributed by atoms with Crippen LogP contribution in [0, 0.1) is 0 Å². The van der Waals surface area contributed by atoms with E-state index in [1.165, 1.54) is 0 Å². The molecule has 0 unspecified atom stereocenters. The first kappa shape index (κ1) is 17.0. The first-order chi connectivity index (χ1) is 12.1. The van der Waals surface area contributed by atoms with E-state index in [1.807, 2.05) is 37.4 Å². The minimum absolute atomic E-state index is 0.0359. The van der Waals surface area contributed by atoms with E-state index in [2.05, 4.69) is 11.9 Å². The number of likely N-dealkylation sites (N-methyl/N-ethyl adjacent to an activating group) is 1. The lowest BCUT2D eigenvalue weighted by molar-refractivity contribution is -0.131. The second-order valence-electron chi connectivity index (χ2n) is 6.01. The number of carbonyl (C=O) groups is 1. The van der Waals surface area contributed by atoms with Crippen molar-refractivity contribution in [3.05, 3.63) is 60.1 Å². The highest BCUT2D eigenvalue weighted by atomic mass is 16.5. The van der Waals surface area contributed by atoms with Crippen molar-refractivity contribution in [2.24, 2.45) is 0 Å². The van der Waals surface area contributed by atoms with E-state index in [-0.39, 0.29) is 11.9 Å². The van der Waals surface area contributed by atoms with E-state index in [0.717, 1.165) is 34.3 Å². The van der Waals surface area contributed by atoms with Gasteiger partial charge in [-0.05, 0) is 36.2 Å². The molecule has 0 aliphatic heterocycles. The zero-order chi connectivity index (χ0) is 17.8. The van der Waals surface area contributed by atoms with Crippen LogP contribution in [-0.4, -0.2) is 29.9 Å². The Kier molecular flexibility index (Phi) is 5.03. The van der Waals surface area contributed by atoms with Crippen molar-refractivity contribution in [2.75, 3.05) is 14.2 Å². The molecule has 0 aliphatic carbocycles. The van der Waals surface area contributed by atoms with Crippen LogP contribution in [-0.2, 0) is 11.2 Å². The number of methoxy groups -OCH3 is 1. The number of fused-ring (bicyclic) bond motifs is 1. The highest BCUT2D eigenvalue weighted by Gasteiger charge is 2.21. The third kappa shape index (κ3) is 3.50. The number of rotatable bonds is 6. The summed E-state index contributed by atoms with van der Waals surface area (Å²) in [5.41, 5.74) is 2.71. The predicted molar refractivity (Wildman–Crippen MR) is 96.5 cm³/mol. The Hall–Kier alpha value is -2.82. The Balaban J connectivity index is 1.79. The fourth-order valence-electron chi connectivity index (χ4n) is 3.11. The van der Waals surface area contributed by atoms with Gasteiger partial charge in [-0.15, -0.1) is 0 Å². The maximum absolute atomic E-state index is 12.8. The van der Waals surface area contributed by atoms with Gasteiger partial charge < -0.3 is 14.1 Å². The van der Waals surface area contributed by atoms with Crippen molar-refractivity contribution >= 4 is 16.9 Å². The quantitative estimate of drug-likeness (QED) is 0.682. The third-order valence-corrected chi connectivity index (χ3v) is 4.54. The number of furan rings is 1. The van der Waals surface area contributed by atoms with Crippen LogP contribution in [0.1, 0.15) is 30.5 Å². The maximum atomic E-state index is 12.8. The van der Waals surface area contributed by atoms with Crippen LogP contribution in [0.2, 0.25) is 0 Å². The lowest BCUT2D eigenvalue weighted by atomic mass is 10.0. The molecule has 0 saturated heterocycles. The van der Waals surface area contributed by atoms with E-state index < -0.39 is 0 Å². The van der Waals surface area contributed by atoms with Gasteiger partial charge in [-0.3, -0.25) is 9.78 Å². The van der Waals surface area contributed by atoms with Crippen molar-refractivity contribution in [1.82, 2.24) is 9.88 Å². The summed E-state index contributed by atoms with van der Waals surface area (Å²) in [6.45, 7) is 2.08. The number of hydrogen-bond donors (Lipinski definition) is 0. The van der Waals surface area contributed by atoms with E-state index in [4.69, 9.17) is 9.15 Å². The Morgan fingerprint density at radius 2 is 2.04 bits per heavy atom. The normalized spacial score (nSPS) is 12.1. The van der Waals surface area contributed by atoms with Gasteiger partial charge in [-0.25, -0.2) is 0 Å². The zero-order valence-corrected chi connectivity index (χ0v) is 14.7. The molecule has 3 aromatic rings. The minimum Gasteiger partial charge on any atom is -0.497 e. The molecule has 0 aliphatic rings. The summed E-state index contributed by atoms with van der Waals surface area (Å²) in [5.74, 6) is 0.794. The molecule has 5 heteroatoms. The van der Waals surface area contributed by atoms with E-state index >= 15 is 0 Å². The molecule has 0 fully saturated rings. The van der Waals surface area contributed by atoms with Gasteiger partial charge in [0, 0.05) is 36.5 Å². The van der Waals surface area contributed by atoms with Crippen molar-refractivity contribution in [3.8, 4) is 5.75 Å². The highest BCUT2D eigenvalue weighted by molar-refractivity contribution is 5.88. The fraction of sp³-hybridized carbons (Fsp3) is 0.300. The first-order valence-electron chi connectivity index (χ1n) is 8.33. The minimum atomic E-state index is 0.0359. The van der Waals surface area contributed by atoms with Crippen LogP contribution in [0.25, 0.3) is 11.0 Å². The molecule has 0 N–H and O–H groups in total. The Labute approximate surface area is 147 Å². The molecule has 130 valence electrons. The summed E-state index contributed by atoms with van der Waals surface area (Å²) in [4.78, 5) is 18.6. The Bertz CT molecular complexity index is 858. The molecule has 0 saturated carbocycles. The second kappa shape index (κ2) is 7.38. The highest BCUT2D eigenvalue weighted by Crippen LogP contribution is 2.28. The van der Waals surface area contributed by atoms with Crippen LogP contribution >= 0.6 is 0 Å². The largest absolute Gasteiger partial charge is 0.497 e. The van der Waals surface area contributed by atoms with Gasteiger partial charge in [-0.2, -0.15) is 0 Å².